The molecule has 0 bridgehead atoms. The average molecular weight is 240 g/mol. The van der Waals surface area contributed by atoms with Crippen molar-refractivity contribution in [2.24, 2.45) is 7.05 Å². The lowest BCUT2D eigenvalue weighted by atomic mass is 9.88. The molecule has 0 spiro atoms. The summed E-state index contributed by atoms with van der Waals surface area (Å²) < 4.78 is 1.74. The van der Waals surface area contributed by atoms with E-state index in [1.807, 2.05) is 31.4 Å². The van der Waals surface area contributed by atoms with Gasteiger partial charge < -0.3 is 0 Å². The van der Waals surface area contributed by atoms with E-state index in [4.69, 9.17) is 0 Å². The highest BCUT2D eigenvalue weighted by Crippen LogP contribution is 2.49. The van der Waals surface area contributed by atoms with Crippen LogP contribution < -0.4 is 0 Å². The van der Waals surface area contributed by atoms with Crippen LogP contribution in [0.3, 0.4) is 0 Å². The molecule has 1 aliphatic carbocycles. The number of aromatic nitrogens is 2. The summed E-state index contributed by atoms with van der Waals surface area (Å²) in [6.45, 7) is 0. The van der Waals surface area contributed by atoms with Gasteiger partial charge in [-0.3, -0.25) is 9.48 Å². The van der Waals surface area contributed by atoms with Crippen molar-refractivity contribution < 1.29 is 4.79 Å². The predicted molar refractivity (Wildman–Crippen MR) is 69.3 cm³/mol. The largest absolute Gasteiger partial charge is 0.298 e. The molecule has 1 fully saturated rings. The first-order valence-corrected chi connectivity index (χ1v) is 6.27. The topological polar surface area (TPSA) is 34.9 Å². The molecule has 0 saturated heterocycles. The average Bonchev–Trinajstić information content (AvgIpc) is 3.10. The van der Waals surface area contributed by atoms with Crippen molar-refractivity contribution in [2.45, 2.75) is 24.7 Å². The number of hydrogen-bond donors (Lipinski definition) is 0. The van der Waals surface area contributed by atoms with Gasteiger partial charge in [0.2, 0.25) is 0 Å². The fraction of sp³-hybridized carbons (Fsp3) is 0.333. The number of rotatable bonds is 4. The molecule has 1 aromatic heterocycles. The minimum atomic E-state index is -0.211. The molecule has 3 rings (SSSR count). The van der Waals surface area contributed by atoms with Gasteiger partial charge in [-0.05, 0) is 24.0 Å². The zero-order valence-corrected chi connectivity index (χ0v) is 10.5. The Bertz CT molecular complexity index is 567. The Morgan fingerprint density at radius 3 is 2.61 bits per heavy atom. The van der Waals surface area contributed by atoms with E-state index in [1.54, 1.807) is 10.9 Å². The Morgan fingerprint density at radius 2 is 2.06 bits per heavy atom. The van der Waals surface area contributed by atoms with Gasteiger partial charge in [-0.2, -0.15) is 5.10 Å². The van der Waals surface area contributed by atoms with Crippen LogP contribution in [-0.4, -0.2) is 15.6 Å². The van der Waals surface area contributed by atoms with Crippen LogP contribution in [0, 0.1) is 0 Å². The van der Waals surface area contributed by atoms with E-state index in [0.29, 0.717) is 12.2 Å². The van der Waals surface area contributed by atoms with Crippen molar-refractivity contribution in [1.82, 2.24) is 9.78 Å². The van der Waals surface area contributed by atoms with Gasteiger partial charge in [0, 0.05) is 19.7 Å². The van der Waals surface area contributed by atoms with Crippen LogP contribution >= 0.6 is 0 Å². The summed E-state index contributed by atoms with van der Waals surface area (Å²) in [5, 5.41) is 4.11. The standard InChI is InChI=1S/C15H16N2O/c1-17-11-12(10-16-17)9-14(18)15(7-8-15)13-5-3-2-4-6-13/h2-6,10-11H,7-9H2,1H3. The van der Waals surface area contributed by atoms with Crippen LogP contribution in [0.25, 0.3) is 0 Å². The second kappa shape index (κ2) is 4.09. The fourth-order valence-electron chi connectivity index (χ4n) is 2.53. The van der Waals surface area contributed by atoms with Crippen molar-refractivity contribution in [1.29, 1.82) is 0 Å². The molecule has 1 heterocycles. The first-order chi connectivity index (χ1) is 8.71. The summed E-state index contributed by atoms with van der Waals surface area (Å²) in [6.07, 6.45) is 6.15. The van der Waals surface area contributed by atoms with Gasteiger partial charge >= 0.3 is 0 Å². The number of benzene rings is 1. The lowest BCUT2D eigenvalue weighted by molar-refractivity contribution is -0.120. The van der Waals surface area contributed by atoms with Gasteiger partial charge in [-0.15, -0.1) is 0 Å². The van der Waals surface area contributed by atoms with E-state index in [-0.39, 0.29) is 5.41 Å². The molecule has 0 unspecified atom stereocenters. The van der Waals surface area contributed by atoms with E-state index >= 15 is 0 Å². The van der Waals surface area contributed by atoms with Gasteiger partial charge in [0.25, 0.3) is 0 Å². The van der Waals surface area contributed by atoms with Crippen LogP contribution in [0.2, 0.25) is 0 Å². The lowest BCUT2D eigenvalue weighted by Crippen LogP contribution is -2.22. The van der Waals surface area contributed by atoms with Crippen LogP contribution in [0.4, 0.5) is 0 Å². The van der Waals surface area contributed by atoms with Gasteiger partial charge in [0.15, 0.2) is 0 Å². The minimum Gasteiger partial charge on any atom is -0.298 e. The van der Waals surface area contributed by atoms with E-state index in [2.05, 4.69) is 17.2 Å². The highest BCUT2D eigenvalue weighted by atomic mass is 16.1. The minimum absolute atomic E-state index is 0.211. The molecule has 0 aliphatic heterocycles. The third-order valence-electron chi connectivity index (χ3n) is 3.73. The normalized spacial score (nSPS) is 16.5. The summed E-state index contributed by atoms with van der Waals surface area (Å²) in [5.41, 5.74) is 1.96. The van der Waals surface area contributed by atoms with Crippen LogP contribution in [0.5, 0.6) is 0 Å². The molecule has 0 N–H and O–H groups in total. The quantitative estimate of drug-likeness (QED) is 0.821. The second-order valence-electron chi connectivity index (χ2n) is 5.07. The van der Waals surface area contributed by atoms with E-state index in [0.717, 1.165) is 18.4 Å². The third-order valence-corrected chi connectivity index (χ3v) is 3.73. The summed E-state index contributed by atoms with van der Waals surface area (Å²) in [7, 11) is 1.87. The Morgan fingerprint density at radius 1 is 1.33 bits per heavy atom. The summed E-state index contributed by atoms with van der Waals surface area (Å²) in [5.74, 6) is 0.321. The molecule has 92 valence electrons. The first-order valence-electron chi connectivity index (χ1n) is 6.27. The highest BCUT2D eigenvalue weighted by Gasteiger charge is 2.50. The number of carbonyl (C=O) groups excluding carboxylic acids is 1. The number of nitrogens with zero attached hydrogens (tertiary/aromatic N) is 2. The van der Waals surface area contributed by atoms with E-state index in [1.165, 1.54) is 5.56 Å². The number of hydrogen-bond acceptors (Lipinski definition) is 2. The molecule has 0 atom stereocenters. The monoisotopic (exact) mass is 240 g/mol. The Hall–Kier alpha value is -1.90. The maximum atomic E-state index is 12.5. The molecule has 0 amide bonds. The summed E-state index contributed by atoms with van der Waals surface area (Å²) >= 11 is 0. The summed E-state index contributed by atoms with van der Waals surface area (Å²) in [4.78, 5) is 12.5. The molecule has 2 aromatic rings. The molecular formula is C15H16N2O. The van der Waals surface area contributed by atoms with Crippen molar-refractivity contribution in [3.05, 3.63) is 53.9 Å². The van der Waals surface area contributed by atoms with Crippen LogP contribution in [0.1, 0.15) is 24.0 Å². The summed E-state index contributed by atoms with van der Waals surface area (Å²) in [6, 6.07) is 10.1. The van der Waals surface area contributed by atoms with E-state index in [9.17, 15) is 4.79 Å². The fourth-order valence-corrected chi connectivity index (χ4v) is 2.53. The molecule has 0 radical (unpaired) electrons. The zero-order chi connectivity index (χ0) is 12.6. The molecular weight excluding hydrogens is 224 g/mol. The Labute approximate surface area is 106 Å². The van der Waals surface area contributed by atoms with Crippen LogP contribution in [0.15, 0.2) is 42.7 Å². The van der Waals surface area contributed by atoms with Crippen LogP contribution in [-0.2, 0) is 23.7 Å². The molecule has 1 aromatic carbocycles. The van der Waals surface area contributed by atoms with Gasteiger partial charge in [0.05, 0.1) is 11.6 Å². The lowest BCUT2D eigenvalue weighted by Gasteiger charge is -2.13. The third kappa shape index (κ3) is 1.86. The number of aryl methyl sites for hydroxylation is 1. The maximum Gasteiger partial charge on any atom is 0.147 e. The van der Waals surface area contributed by atoms with Crippen molar-refractivity contribution in [3.63, 3.8) is 0 Å². The zero-order valence-electron chi connectivity index (χ0n) is 10.5. The maximum absolute atomic E-state index is 12.5. The number of ketones is 1. The SMILES string of the molecule is Cn1cc(CC(=O)C2(c3ccccc3)CC2)cn1. The van der Waals surface area contributed by atoms with E-state index < -0.39 is 0 Å². The van der Waals surface area contributed by atoms with Gasteiger partial charge in [0.1, 0.15) is 5.78 Å². The molecule has 3 nitrogen and oxygen atoms in total. The number of carbonyl (C=O) groups is 1. The first kappa shape index (κ1) is 11.2. The Kier molecular flexibility index (Phi) is 2.54. The molecule has 18 heavy (non-hydrogen) atoms. The van der Waals surface area contributed by atoms with Crippen molar-refractivity contribution >= 4 is 5.78 Å². The predicted octanol–water partition coefficient (Wildman–Crippen LogP) is 2.26. The molecule has 1 aliphatic rings. The second-order valence-corrected chi connectivity index (χ2v) is 5.07. The highest BCUT2D eigenvalue weighted by molar-refractivity contribution is 5.94. The van der Waals surface area contributed by atoms with Crippen molar-refractivity contribution in [3.8, 4) is 0 Å². The van der Waals surface area contributed by atoms with Gasteiger partial charge in [-0.25, -0.2) is 0 Å². The molecule has 1 saturated carbocycles. The Balaban J connectivity index is 1.81. The van der Waals surface area contributed by atoms with Gasteiger partial charge in [-0.1, -0.05) is 30.3 Å². The smallest absolute Gasteiger partial charge is 0.147 e. The number of Topliss-reactive ketones (excluding diaryl/α,β-unsaturated/α-hetero) is 1. The van der Waals surface area contributed by atoms with Crippen molar-refractivity contribution in [2.75, 3.05) is 0 Å². The molecule has 3 heteroatoms.